The second-order valence-electron chi connectivity index (χ2n) is 36.1. The molecular weight excluding hydrogens is 1550 g/mol. The van der Waals surface area contributed by atoms with Gasteiger partial charge in [0.2, 0.25) is 0 Å². The highest BCUT2D eigenvalue weighted by atomic mass is 16.6. The van der Waals surface area contributed by atoms with E-state index in [9.17, 15) is 5.11 Å². The number of methoxy groups -OCH3 is 1. The fourth-order valence-electron chi connectivity index (χ4n) is 20.8. The lowest BCUT2D eigenvalue weighted by Gasteiger charge is -2.35. The molecule has 3 aliphatic rings. The third kappa shape index (κ3) is 22.5. The number of aliphatic hydroxyl groups is 1. The van der Waals surface area contributed by atoms with E-state index in [4.69, 9.17) is 37.9 Å². The third-order valence-electron chi connectivity index (χ3n) is 27.6. The molecule has 13 rings (SSSR count). The molecule has 10 heteroatoms. The van der Waals surface area contributed by atoms with Crippen LogP contribution in [0.2, 0.25) is 0 Å². The van der Waals surface area contributed by atoms with Gasteiger partial charge in [-0.2, -0.15) is 0 Å². The summed E-state index contributed by atoms with van der Waals surface area (Å²) >= 11 is 0. The van der Waals surface area contributed by atoms with Gasteiger partial charge >= 0.3 is 5.97 Å². The van der Waals surface area contributed by atoms with Crippen LogP contribution in [-0.2, 0) is 62.4 Å². The normalized spacial score (nSPS) is 13.5. The summed E-state index contributed by atoms with van der Waals surface area (Å²) in [6.07, 6.45) is 34.9. The Balaban J connectivity index is 1.02. The molecule has 0 bridgehead atoms. The van der Waals surface area contributed by atoms with E-state index in [0.29, 0.717) is 77.4 Å². The quantitative estimate of drug-likeness (QED) is 0.0292. The summed E-state index contributed by atoms with van der Waals surface area (Å²) in [7, 11) is 1.67. The first-order chi connectivity index (χ1) is 61.9. The average molecular weight is 1700 g/mol. The molecule has 0 radical (unpaired) electrons. The molecular formula is C116H146O10. The molecule has 3 aliphatic carbocycles. The molecule has 0 heterocycles. The zero-order valence-corrected chi connectivity index (χ0v) is 78.0. The van der Waals surface area contributed by atoms with Crippen molar-refractivity contribution in [2.75, 3.05) is 93.0 Å². The molecule has 0 saturated heterocycles. The monoisotopic (exact) mass is 1700 g/mol. The van der Waals surface area contributed by atoms with Crippen molar-refractivity contribution < 1.29 is 47.8 Å². The summed E-state index contributed by atoms with van der Waals surface area (Å²) < 4.78 is 47.9. The molecule has 0 fully saturated rings. The number of hydrogen-bond acceptors (Lipinski definition) is 10. The fourth-order valence-corrected chi connectivity index (χ4v) is 20.8. The van der Waals surface area contributed by atoms with Gasteiger partial charge < -0.3 is 43.0 Å². The van der Waals surface area contributed by atoms with E-state index in [1.807, 2.05) is 13.0 Å². The topological polar surface area (TPSA) is 111 Å². The smallest absolute Gasteiger partial charge is 0.341 e. The molecule has 0 spiro atoms. The Labute approximate surface area is 756 Å². The number of aliphatic hydroxyl groups excluding tert-OH is 1. The van der Waals surface area contributed by atoms with Crippen LogP contribution < -0.4 is 4.74 Å². The maximum absolute atomic E-state index is 15.2. The number of rotatable bonds is 57. The van der Waals surface area contributed by atoms with Gasteiger partial charge in [0.25, 0.3) is 0 Å². The van der Waals surface area contributed by atoms with Gasteiger partial charge in [-0.25, -0.2) is 4.79 Å². The van der Waals surface area contributed by atoms with Crippen molar-refractivity contribution in [1.29, 1.82) is 0 Å². The molecule has 10 aromatic rings. The zero-order valence-electron chi connectivity index (χ0n) is 78.0. The van der Waals surface area contributed by atoms with Crippen LogP contribution in [0.5, 0.6) is 5.75 Å². The van der Waals surface area contributed by atoms with Crippen LogP contribution in [0.3, 0.4) is 0 Å². The fraction of sp³-hybridized carbons (Fsp3) is 0.474. The molecule has 670 valence electrons. The molecule has 0 atom stereocenters. The first-order valence-electron chi connectivity index (χ1n) is 49.0. The minimum Gasteiger partial charge on any atom is -0.490 e. The summed E-state index contributed by atoms with van der Waals surface area (Å²) in [6.45, 7) is 22.6. The van der Waals surface area contributed by atoms with Crippen LogP contribution in [-0.4, -0.2) is 104 Å². The second kappa shape index (κ2) is 48.0. The molecule has 0 amide bonds. The van der Waals surface area contributed by atoms with Crippen LogP contribution in [0, 0.1) is 13.8 Å². The summed E-state index contributed by atoms with van der Waals surface area (Å²) in [4.78, 5) is 15.2. The number of fused-ring (bicyclic) bond motifs is 9. The Kier molecular flexibility index (Phi) is 36.1. The number of aryl methyl sites for hydroxylation is 3. The Morgan fingerprint density at radius 2 is 0.635 bits per heavy atom. The summed E-state index contributed by atoms with van der Waals surface area (Å²) in [5.41, 5.74) is 31.5. The molecule has 0 unspecified atom stereocenters. The molecule has 10 aromatic carbocycles. The number of carbonyl (C=O) groups is 1. The van der Waals surface area contributed by atoms with Crippen molar-refractivity contribution in [3.8, 4) is 83.6 Å². The highest BCUT2D eigenvalue weighted by molar-refractivity contribution is 5.96. The number of esters is 1. The Morgan fingerprint density at radius 1 is 0.310 bits per heavy atom. The van der Waals surface area contributed by atoms with Gasteiger partial charge in [0, 0.05) is 17.9 Å². The van der Waals surface area contributed by atoms with Crippen molar-refractivity contribution in [2.24, 2.45) is 0 Å². The number of unbranched alkanes of at least 4 members (excludes halogenated alkanes) is 20. The molecule has 10 nitrogen and oxygen atoms in total. The van der Waals surface area contributed by atoms with Crippen molar-refractivity contribution >= 4 is 5.97 Å². The lowest BCUT2D eigenvalue weighted by molar-refractivity contribution is 0.00442. The molecule has 0 saturated carbocycles. The van der Waals surface area contributed by atoms with Crippen LogP contribution in [0.4, 0.5) is 0 Å². The largest absolute Gasteiger partial charge is 0.490 e. The van der Waals surface area contributed by atoms with E-state index < -0.39 is 11.4 Å². The lowest BCUT2D eigenvalue weighted by Crippen LogP contribution is -2.30. The number of hydrogen-bond donors (Lipinski definition) is 1. The van der Waals surface area contributed by atoms with E-state index in [1.54, 1.807) is 7.11 Å². The van der Waals surface area contributed by atoms with E-state index in [0.717, 1.165) is 82.2 Å². The highest BCUT2D eigenvalue weighted by Gasteiger charge is 2.49. The van der Waals surface area contributed by atoms with Gasteiger partial charge in [-0.15, -0.1) is 0 Å². The minimum absolute atomic E-state index is 0.0210. The van der Waals surface area contributed by atoms with Crippen molar-refractivity contribution in [3.63, 3.8) is 0 Å². The van der Waals surface area contributed by atoms with Crippen LogP contribution in [0.1, 0.15) is 298 Å². The number of carbonyl (C=O) groups excluding carboxylic acids is 1. The van der Waals surface area contributed by atoms with Crippen molar-refractivity contribution in [3.05, 3.63) is 266 Å². The predicted molar refractivity (Wildman–Crippen MR) is 522 cm³/mol. The van der Waals surface area contributed by atoms with Gasteiger partial charge in [0.1, 0.15) is 17.9 Å². The average Bonchev–Trinajstić information content (AvgIpc) is 1.53. The van der Waals surface area contributed by atoms with Gasteiger partial charge in [-0.05, 0) is 235 Å². The first-order valence-corrected chi connectivity index (χ1v) is 49.0. The van der Waals surface area contributed by atoms with E-state index in [2.05, 4.69) is 237 Å². The molecule has 126 heavy (non-hydrogen) atoms. The Bertz CT molecular complexity index is 4820. The van der Waals surface area contributed by atoms with Crippen molar-refractivity contribution in [1.82, 2.24) is 0 Å². The maximum Gasteiger partial charge on any atom is 0.341 e. The third-order valence-corrected chi connectivity index (χ3v) is 27.6. The van der Waals surface area contributed by atoms with Crippen LogP contribution >= 0.6 is 0 Å². The molecule has 0 aliphatic heterocycles. The van der Waals surface area contributed by atoms with Gasteiger partial charge in [0.05, 0.1) is 91.3 Å². The van der Waals surface area contributed by atoms with Gasteiger partial charge in [-0.1, -0.05) is 345 Å². The highest BCUT2D eigenvalue weighted by Crippen LogP contribution is 2.62. The van der Waals surface area contributed by atoms with Gasteiger partial charge in [0.15, 0.2) is 0 Å². The van der Waals surface area contributed by atoms with Crippen LogP contribution in [0.25, 0.3) is 77.9 Å². The van der Waals surface area contributed by atoms with Gasteiger partial charge in [-0.3, -0.25) is 0 Å². The standard InChI is InChI=1S/C116H146O10/c1-10-16-20-24-28-32-60-114(61-33-29-25-21-17-11-2)106-77-90(88-40-36-85(7)37-41-88)45-53-99(106)101-55-47-92(79-108(101)114)94-49-57-103-104-58-50-95(93-48-56-102-100-54-46-91(89-42-38-86(8)39-43-89)78-107(100)115(109(102)80-93,62-34-30-26-22-18-12-3)63-35-31-27-23-19-13-4)82-111(104)116(110(103)81-94,97-51-44-96(87(14-5)76-97)84-124-73-72-122-69-68-120-65-64-117)98-52-59-112(105(83-98)113(118)125-15-6)126-75-74-123-71-70-121-67-66-119-9/h36-59,76-83,117H,10-35,60-75,84H2,1-9H3. The lowest BCUT2D eigenvalue weighted by atomic mass is 9.66. The number of benzene rings is 10. The molecule has 0 aromatic heterocycles. The summed E-state index contributed by atoms with van der Waals surface area (Å²) in [5.74, 6) is -0.0185. The summed E-state index contributed by atoms with van der Waals surface area (Å²) in [5, 5.41) is 9.31. The maximum atomic E-state index is 15.2. The SMILES string of the molecule is CCCCCCCCC1(CCCCCCCC)c2cc(-c3ccc(C)cc3)ccc2-c2ccc(-c3ccc4c(c3)C(c3ccc(COCCOCCOCCO)c(CC)c3)(c3ccc(OCCOCCOCCOC)c(C(=O)OCC)c3)c3cc(-c5ccc6c(c5)C(CCCCCCCC)(CCCCCCCC)c5cc(-c7ccc(C)cc7)ccc5-6)ccc3-4)cc21. The van der Waals surface area contributed by atoms with E-state index >= 15 is 4.79 Å². The van der Waals surface area contributed by atoms with E-state index in [1.165, 1.54) is 249 Å². The Hall–Kier alpha value is -8.81. The second-order valence-corrected chi connectivity index (χ2v) is 36.1. The minimum atomic E-state index is -1.05. The zero-order chi connectivity index (χ0) is 87.9. The van der Waals surface area contributed by atoms with E-state index in [-0.39, 0.29) is 37.3 Å². The van der Waals surface area contributed by atoms with Crippen molar-refractivity contribution in [2.45, 2.75) is 264 Å². The molecule has 1 N–H and O–H groups in total. The van der Waals surface area contributed by atoms with Crippen LogP contribution in [0.15, 0.2) is 194 Å². The number of ether oxygens (including phenoxy) is 8. The first kappa shape index (κ1) is 94.8. The summed E-state index contributed by atoms with van der Waals surface area (Å²) in [6, 6.07) is 76.4. The predicted octanol–water partition coefficient (Wildman–Crippen LogP) is 29.2. The Morgan fingerprint density at radius 3 is 1.02 bits per heavy atom.